The normalized spacial score (nSPS) is 24.4. The minimum atomic E-state index is -0.0938. The first-order valence-corrected chi connectivity index (χ1v) is 6.39. The van der Waals surface area contributed by atoms with Gasteiger partial charge >= 0.3 is 0 Å². The molecular weight excluding hydrogens is 309 g/mol. The number of nitrogens with two attached hydrogens (primary N) is 1. The average molecular weight is 319 g/mol. The largest absolute Gasteiger partial charge is 0.323 e. The molecule has 1 aromatic carbocycles. The standard InChI is InChI=1S/C12H10BrCl2N/c13-10-3-1-2-9(12(10)16)8-5-4-7(14)6-11(8)15/h1-6,9,12H,16H2. The summed E-state index contributed by atoms with van der Waals surface area (Å²) in [5.41, 5.74) is 7.10. The minimum absolute atomic E-state index is 0.0872. The van der Waals surface area contributed by atoms with Gasteiger partial charge < -0.3 is 5.73 Å². The van der Waals surface area contributed by atoms with Crippen molar-refractivity contribution in [1.29, 1.82) is 0 Å². The van der Waals surface area contributed by atoms with Crippen molar-refractivity contribution in [2.75, 3.05) is 0 Å². The molecule has 0 radical (unpaired) electrons. The topological polar surface area (TPSA) is 26.0 Å². The van der Waals surface area contributed by atoms with E-state index in [4.69, 9.17) is 28.9 Å². The Morgan fingerprint density at radius 1 is 1.25 bits per heavy atom. The summed E-state index contributed by atoms with van der Waals surface area (Å²) in [6, 6.07) is 5.40. The van der Waals surface area contributed by atoms with Crippen LogP contribution in [0.25, 0.3) is 0 Å². The molecule has 0 bridgehead atoms. The van der Waals surface area contributed by atoms with E-state index in [1.165, 1.54) is 0 Å². The van der Waals surface area contributed by atoms with Gasteiger partial charge in [-0.2, -0.15) is 0 Å². The van der Waals surface area contributed by atoms with Crippen molar-refractivity contribution >= 4 is 39.1 Å². The van der Waals surface area contributed by atoms with Gasteiger partial charge in [-0.25, -0.2) is 0 Å². The van der Waals surface area contributed by atoms with Gasteiger partial charge in [0.1, 0.15) is 0 Å². The molecule has 0 aromatic heterocycles. The lowest BCUT2D eigenvalue weighted by Gasteiger charge is -2.24. The van der Waals surface area contributed by atoms with Gasteiger partial charge in [-0.15, -0.1) is 0 Å². The molecule has 1 nitrogen and oxygen atoms in total. The SMILES string of the molecule is NC1C(Br)=CC=CC1c1ccc(Cl)cc1Cl. The summed E-state index contributed by atoms with van der Waals surface area (Å²) in [5, 5.41) is 1.29. The summed E-state index contributed by atoms with van der Waals surface area (Å²) in [6.07, 6.45) is 5.97. The van der Waals surface area contributed by atoms with E-state index in [0.29, 0.717) is 10.0 Å². The lowest BCUT2D eigenvalue weighted by Crippen LogP contribution is -2.29. The number of benzene rings is 1. The average Bonchev–Trinajstić information content (AvgIpc) is 2.23. The van der Waals surface area contributed by atoms with Gasteiger partial charge in [0, 0.05) is 26.5 Å². The smallest absolute Gasteiger partial charge is 0.0466 e. The van der Waals surface area contributed by atoms with Crippen molar-refractivity contribution in [3.8, 4) is 0 Å². The zero-order valence-corrected chi connectivity index (χ0v) is 11.4. The second kappa shape index (κ2) is 4.92. The summed E-state index contributed by atoms with van der Waals surface area (Å²) in [5.74, 6) is 0.0872. The summed E-state index contributed by atoms with van der Waals surface area (Å²) in [7, 11) is 0. The molecule has 16 heavy (non-hydrogen) atoms. The molecule has 2 N–H and O–H groups in total. The molecule has 4 heteroatoms. The Hall–Kier alpha value is -0.280. The van der Waals surface area contributed by atoms with Crippen molar-refractivity contribution in [3.05, 3.63) is 56.5 Å². The van der Waals surface area contributed by atoms with Crippen LogP contribution in [0.4, 0.5) is 0 Å². The number of rotatable bonds is 1. The highest BCUT2D eigenvalue weighted by Crippen LogP contribution is 2.35. The molecule has 0 saturated carbocycles. The quantitative estimate of drug-likeness (QED) is 0.823. The lowest BCUT2D eigenvalue weighted by atomic mass is 9.89. The summed E-state index contributed by atoms with van der Waals surface area (Å²) < 4.78 is 0.978. The van der Waals surface area contributed by atoms with E-state index < -0.39 is 0 Å². The van der Waals surface area contributed by atoms with Gasteiger partial charge in [-0.1, -0.05) is 63.4 Å². The molecule has 1 aliphatic carbocycles. The Bertz CT molecular complexity index is 468. The molecule has 1 aliphatic rings. The van der Waals surface area contributed by atoms with Gasteiger partial charge in [0.2, 0.25) is 0 Å². The second-order valence-electron chi connectivity index (χ2n) is 3.65. The Kier molecular flexibility index (Phi) is 3.75. The van der Waals surface area contributed by atoms with Crippen LogP contribution in [0.3, 0.4) is 0 Å². The van der Waals surface area contributed by atoms with Crippen LogP contribution in [0.15, 0.2) is 40.9 Å². The summed E-state index contributed by atoms with van der Waals surface area (Å²) in [4.78, 5) is 0. The van der Waals surface area contributed by atoms with Gasteiger partial charge in [0.25, 0.3) is 0 Å². The number of hydrogen-bond donors (Lipinski definition) is 1. The first kappa shape index (κ1) is 12.2. The first-order valence-electron chi connectivity index (χ1n) is 4.84. The third kappa shape index (κ3) is 2.35. The molecule has 0 heterocycles. The molecule has 0 fully saturated rings. The highest BCUT2D eigenvalue weighted by Gasteiger charge is 2.23. The van der Waals surface area contributed by atoms with Crippen LogP contribution in [-0.2, 0) is 0 Å². The van der Waals surface area contributed by atoms with Crippen LogP contribution >= 0.6 is 39.1 Å². The monoisotopic (exact) mass is 317 g/mol. The van der Waals surface area contributed by atoms with Gasteiger partial charge in [-0.05, 0) is 17.7 Å². The maximum Gasteiger partial charge on any atom is 0.0466 e. The molecule has 0 spiro atoms. The molecule has 1 aromatic rings. The molecule has 2 rings (SSSR count). The molecule has 2 atom stereocenters. The van der Waals surface area contributed by atoms with Gasteiger partial charge in [0.15, 0.2) is 0 Å². The van der Waals surface area contributed by atoms with Crippen molar-refractivity contribution in [3.63, 3.8) is 0 Å². The van der Waals surface area contributed by atoms with E-state index in [0.717, 1.165) is 10.0 Å². The van der Waals surface area contributed by atoms with E-state index in [2.05, 4.69) is 15.9 Å². The summed E-state index contributed by atoms with van der Waals surface area (Å²) in [6.45, 7) is 0. The van der Waals surface area contributed by atoms with E-state index in [1.54, 1.807) is 6.07 Å². The maximum absolute atomic E-state index is 6.17. The molecular formula is C12H10BrCl2N. The van der Waals surface area contributed by atoms with Crippen molar-refractivity contribution in [2.24, 2.45) is 5.73 Å². The fraction of sp³-hybridized carbons (Fsp3) is 0.167. The third-order valence-electron chi connectivity index (χ3n) is 2.60. The van der Waals surface area contributed by atoms with E-state index in [-0.39, 0.29) is 12.0 Å². The number of halogens is 3. The first-order chi connectivity index (χ1) is 7.59. The van der Waals surface area contributed by atoms with E-state index in [1.807, 2.05) is 30.4 Å². The number of allylic oxidation sites excluding steroid dienone is 2. The Labute approximate surface area is 113 Å². The minimum Gasteiger partial charge on any atom is -0.323 e. The molecule has 84 valence electrons. The fourth-order valence-corrected chi connectivity index (χ4v) is 2.71. The Morgan fingerprint density at radius 3 is 2.69 bits per heavy atom. The zero-order valence-electron chi connectivity index (χ0n) is 8.33. The van der Waals surface area contributed by atoms with Crippen LogP contribution < -0.4 is 5.73 Å². The molecule has 2 unspecified atom stereocenters. The lowest BCUT2D eigenvalue weighted by molar-refractivity contribution is 0.707. The van der Waals surface area contributed by atoms with Crippen LogP contribution in [0.1, 0.15) is 11.5 Å². The fourth-order valence-electron chi connectivity index (χ4n) is 1.74. The Morgan fingerprint density at radius 2 is 2.00 bits per heavy atom. The van der Waals surface area contributed by atoms with Crippen molar-refractivity contribution in [1.82, 2.24) is 0 Å². The summed E-state index contributed by atoms with van der Waals surface area (Å²) >= 11 is 15.5. The van der Waals surface area contributed by atoms with E-state index in [9.17, 15) is 0 Å². The molecule has 0 amide bonds. The van der Waals surface area contributed by atoms with Crippen molar-refractivity contribution in [2.45, 2.75) is 12.0 Å². The van der Waals surface area contributed by atoms with Crippen LogP contribution in [0.5, 0.6) is 0 Å². The van der Waals surface area contributed by atoms with Crippen molar-refractivity contribution < 1.29 is 0 Å². The van der Waals surface area contributed by atoms with Gasteiger partial charge in [0.05, 0.1) is 0 Å². The van der Waals surface area contributed by atoms with Crippen LogP contribution in [0, 0.1) is 0 Å². The predicted molar refractivity (Wildman–Crippen MR) is 73.3 cm³/mol. The number of hydrogen-bond acceptors (Lipinski definition) is 1. The van der Waals surface area contributed by atoms with E-state index >= 15 is 0 Å². The Balaban J connectivity index is 2.38. The third-order valence-corrected chi connectivity index (χ3v) is 3.96. The van der Waals surface area contributed by atoms with Crippen LogP contribution in [-0.4, -0.2) is 6.04 Å². The highest BCUT2D eigenvalue weighted by atomic mass is 79.9. The van der Waals surface area contributed by atoms with Crippen LogP contribution in [0.2, 0.25) is 10.0 Å². The highest BCUT2D eigenvalue weighted by molar-refractivity contribution is 9.11. The molecule has 0 aliphatic heterocycles. The maximum atomic E-state index is 6.17. The molecule has 0 saturated heterocycles. The van der Waals surface area contributed by atoms with Gasteiger partial charge in [-0.3, -0.25) is 0 Å². The predicted octanol–water partition coefficient (Wildman–Crippen LogP) is 4.25. The second-order valence-corrected chi connectivity index (χ2v) is 5.41. The zero-order chi connectivity index (χ0) is 11.7.